The first-order valence-electron chi connectivity index (χ1n) is 10.2. The number of fused-ring (bicyclic) bond motifs is 1. The molecule has 0 bridgehead atoms. The van der Waals surface area contributed by atoms with E-state index in [4.69, 9.17) is 5.26 Å². The van der Waals surface area contributed by atoms with Gasteiger partial charge in [-0.2, -0.15) is 28.3 Å². The van der Waals surface area contributed by atoms with Crippen molar-refractivity contribution in [3.63, 3.8) is 0 Å². The van der Waals surface area contributed by atoms with Gasteiger partial charge in [-0.25, -0.2) is 9.50 Å². The maximum atomic E-state index is 13.3. The molecule has 0 fully saturated rings. The Bertz CT molecular complexity index is 1560. The minimum absolute atomic E-state index is 0. The lowest BCUT2D eigenvalue weighted by Crippen LogP contribution is -2.23. The molecule has 13 nitrogen and oxygen atoms in total. The van der Waals surface area contributed by atoms with Crippen molar-refractivity contribution >= 4 is 45.5 Å². The molecular formula is C21H20ClN9O4S. The SMILES string of the molecule is CN(/N=C\c1cnn2ccc(C#N)cc12)S(=O)(=O)c1cc([N+](=O)[O-])ccc1NCCc1cnc[nH]1.Cl. The summed E-state index contributed by atoms with van der Waals surface area (Å²) < 4.78 is 28.9. The number of nitriles is 1. The Morgan fingerprint density at radius 1 is 1.33 bits per heavy atom. The van der Waals surface area contributed by atoms with Gasteiger partial charge in [0.15, 0.2) is 0 Å². The molecule has 0 saturated heterocycles. The van der Waals surface area contributed by atoms with Crippen molar-refractivity contribution in [2.24, 2.45) is 5.10 Å². The molecule has 2 N–H and O–H groups in total. The topological polar surface area (TPSA) is 175 Å². The molecule has 0 spiro atoms. The van der Waals surface area contributed by atoms with Crippen molar-refractivity contribution in [1.29, 1.82) is 5.26 Å². The highest BCUT2D eigenvalue weighted by atomic mass is 35.5. The molecule has 0 aliphatic heterocycles. The molecule has 3 heterocycles. The fraction of sp³-hybridized carbons (Fsp3) is 0.143. The highest BCUT2D eigenvalue weighted by Crippen LogP contribution is 2.29. The molecule has 0 aliphatic rings. The molecule has 0 saturated carbocycles. The lowest BCUT2D eigenvalue weighted by Gasteiger charge is -2.17. The number of hydrazone groups is 1. The van der Waals surface area contributed by atoms with E-state index in [0.29, 0.717) is 29.6 Å². The highest BCUT2D eigenvalue weighted by Gasteiger charge is 2.26. The number of non-ortho nitro benzene ring substituents is 1. The Morgan fingerprint density at radius 2 is 2.14 bits per heavy atom. The predicted molar refractivity (Wildman–Crippen MR) is 134 cm³/mol. The monoisotopic (exact) mass is 529 g/mol. The number of sulfonamides is 1. The summed E-state index contributed by atoms with van der Waals surface area (Å²) in [6, 6.07) is 8.81. The van der Waals surface area contributed by atoms with Gasteiger partial charge in [0, 0.05) is 55.8 Å². The van der Waals surface area contributed by atoms with Gasteiger partial charge < -0.3 is 10.3 Å². The molecular weight excluding hydrogens is 510 g/mol. The number of halogens is 1. The van der Waals surface area contributed by atoms with Crippen molar-refractivity contribution in [3.8, 4) is 6.07 Å². The van der Waals surface area contributed by atoms with Crippen LogP contribution in [-0.2, 0) is 16.4 Å². The molecule has 0 amide bonds. The number of anilines is 1. The standard InChI is InChI=1S/C21H19N9O4S.ClH/c1-28(26-11-16-12-27-29-7-5-15(10-22)8-20(16)29)35(33,34)21-9-18(30(31)32)2-3-19(21)24-6-4-17-13-23-14-25-17;/h2-3,5,7-9,11-14,24H,4,6H2,1H3,(H,23,25);1H/b26-11-;. The molecule has 15 heteroatoms. The summed E-state index contributed by atoms with van der Waals surface area (Å²) in [6.45, 7) is 0.360. The predicted octanol–water partition coefficient (Wildman–Crippen LogP) is 2.57. The normalized spacial score (nSPS) is 11.2. The maximum Gasteiger partial charge on any atom is 0.281 e. The molecule has 1 aromatic carbocycles. The van der Waals surface area contributed by atoms with E-state index in [0.717, 1.165) is 16.2 Å². The van der Waals surface area contributed by atoms with Crippen LogP contribution in [0.3, 0.4) is 0 Å². The van der Waals surface area contributed by atoms with Gasteiger partial charge in [-0.3, -0.25) is 10.1 Å². The van der Waals surface area contributed by atoms with Crippen LogP contribution in [0.5, 0.6) is 0 Å². The van der Waals surface area contributed by atoms with E-state index >= 15 is 0 Å². The number of nitro benzene ring substituents is 1. The minimum atomic E-state index is -4.26. The fourth-order valence-corrected chi connectivity index (χ4v) is 4.40. The lowest BCUT2D eigenvalue weighted by molar-refractivity contribution is -0.385. The lowest BCUT2D eigenvalue weighted by atomic mass is 10.2. The molecule has 4 rings (SSSR count). The van der Waals surface area contributed by atoms with E-state index < -0.39 is 14.9 Å². The minimum Gasteiger partial charge on any atom is -0.384 e. The summed E-state index contributed by atoms with van der Waals surface area (Å²) >= 11 is 0. The van der Waals surface area contributed by atoms with E-state index in [2.05, 4.69) is 25.5 Å². The Balaban J connectivity index is 0.00000361. The smallest absolute Gasteiger partial charge is 0.281 e. The van der Waals surface area contributed by atoms with Crippen molar-refractivity contribution < 1.29 is 13.3 Å². The van der Waals surface area contributed by atoms with Crippen LogP contribution < -0.4 is 5.32 Å². The van der Waals surface area contributed by atoms with E-state index in [9.17, 15) is 18.5 Å². The molecule has 36 heavy (non-hydrogen) atoms. The zero-order valence-electron chi connectivity index (χ0n) is 18.8. The number of hydrogen-bond donors (Lipinski definition) is 2. The Labute approximate surface area is 211 Å². The number of H-pyrrole nitrogens is 1. The first kappa shape index (κ1) is 26.1. The van der Waals surface area contributed by atoms with E-state index in [-0.39, 0.29) is 28.7 Å². The maximum absolute atomic E-state index is 13.3. The van der Waals surface area contributed by atoms with Gasteiger partial charge >= 0.3 is 0 Å². The molecule has 0 unspecified atom stereocenters. The number of nitrogens with zero attached hydrogens (tertiary/aromatic N) is 7. The van der Waals surface area contributed by atoms with Crippen LogP contribution in [0.15, 0.2) is 65.2 Å². The molecule has 0 aliphatic carbocycles. The van der Waals surface area contributed by atoms with Crippen molar-refractivity contribution in [1.82, 2.24) is 24.0 Å². The number of nitro groups is 1. The summed E-state index contributed by atoms with van der Waals surface area (Å²) in [5, 5.41) is 31.6. The molecule has 0 atom stereocenters. The first-order valence-corrected chi connectivity index (χ1v) is 11.6. The molecule has 0 radical (unpaired) electrons. The van der Waals surface area contributed by atoms with Crippen LogP contribution >= 0.6 is 12.4 Å². The molecule has 3 aromatic heterocycles. The van der Waals surface area contributed by atoms with E-state index in [1.54, 1.807) is 24.5 Å². The third kappa shape index (κ3) is 5.43. The van der Waals surface area contributed by atoms with Crippen molar-refractivity contribution in [2.75, 3.05) is 18.9 Å². The summed E-state index contributed by atoms with van der Waals surface area (Å²) in [5.74, 6) is 0. The quantitative estimate of drug-likeness (QED) is 0.189. The summed E-state index contributed by atoms with van der Waals surface area (Å²) in [5.41, 5.74) is 2.14. The second kappa shape index (κ2) is 10.8. The fourth-order valence-electron chi connectivity index (χ4n) is 3.25. The molecule has 4 aromatic rings. The number of nitrogens with one attached hydrogen (secondary N) is 2. The van der Waals surface area contributed by atoms with Crippen molar-refractivity contribution in [3.05, 3.63) is 82.2 Å². The average molecular weight is 530 g/mol. The number of aromatic amines is 1. The molecule has 186 valence electrons. The number of benzene rings is 1. The van der Waals surface area contributed by atoms with Crippen molar-refractivity contribution in [2.45, 2.75) is 11.3 Å². The first-order chi connectivity index (χ1) is 16.8. The third-order valence-corrected chi connectivity index (χ3v) is 6.79. The summed E-state index contributed by atoms with van der Waals surface area (Å²) in [7, 11) is -3.03. The van der Waals surface area contributed by atoms with Gasteiger partial charge in [0.25, 0.3) is 15.7 Å². The van der Waals surface area contributed by atoms with Crippen LogP contribution in [0.2, 0.25) is 0 Å². The van der Waals surface area contributed by atoms with Crippen LogP contribution in [0.4, 0.5) is 11.4 Å². The number of rotatable bonds is 9. The largest absolute Gasteiger partial charge is 0.384 e. The van der Waals surface area contributed by atoms with Crippen LogP contribution in [-0.4, -0.2) is 57.1 Å². The average Bonchev–Trinajstić information content (AvgIpc) is 3.52. The highest BCUT2D eigenvalue weighted by molar-refractivity contribution is 7.89. The van der Waals surface area contributed by atoms with Crippen LogP contribution in [0.25, 0.3) is 5.52 Å². The second-order valence-corrected chi connectivity index (χ2v) is 9.25. The van der Waals surface area contributed by atoms with E-state index in [1.807, 2.05) is 6.07 Å². The van der Waals surface area contributed by atoms with Gasteiger partial charge in [0.05, 0.1) is 46.5 Å². The second-order valence-electron chi connectivity index (χ2n) is 7.33. The van der Waals surface area contributed by atoms with Crippen LogP contribution in [0.1, 0.15) is 16.8 Å². The van der Waals surface area contributed by atoms with Gasteiger partial charge in [0.2, 0.25) is 0 Å². The summed E-state index contributed by atoms with van der Waals surface area (Å²) in [4.78, 5) is 17.2. The van der Waals surface area contributed by atoms with Gasteiger partial charge in [-0.1, -0.05) is 0 Å². The number of hydrogen-bond acceptors (Lipinski definition) is 9. The zero-order valence-corrected chi connectivity index (χ0v) is 20.4. The van der Waals surface area contributed by atoms with E-state index in [1.165, 1.54) is 42.4 Å². The van der Waals surface area contributed by atoms with Crippen LogP contribution in [0, 0.1) is 21.4 Å². The summed E-state index contributed by atoms with van der Waals surface area (Å²) in [6.07, 6.45) is 8.10. The van der Waals surface area contributed by atoms with Gasteiger partial charge in [0.1, 0.15) is 4.90 Å². The zero-order chi connectivity index (χ0) is 25.0. The third-order valence-electron chi connectivity index (χ3n) is 5.11. The number of imidazole rings is 1. The Hall–Kier alpha value is -4.48. The number of pyridine rings is 1. The van der Waals surface area contributed by atoms with Gasteiger partial charge in [-0.05, 0) is 18.2 Å². The Morgan fingerprint density at radius 3 is 2.83 bits per heavy atom. The number of aromatic nitrogens is 4. The van der Waals surface area contributed by atoms with Gasteiger partial charge in [-0.15, -0.1) is 12.4 Å². The Kier molecular flexibility index (Phi) is 7.87.